The summed E-state index contributed by atoms with van der Waals surface area (Å²) in [5, 5.41) is 0.601. The molecule has 0 unspecified atom stereocenters. The Morgan fingerprint density at radius 3 is 2.87 bits per heavy atom. The second-order valence-electron chi connectivity index (χ2n) is 3.93. The SMILES string of the molecule is O=c1[nH]c2cccc(F)c2c2c1CCC2. The van der Waals surface area contributed by atoms with Gasteiger partial charge in [0, 0.05) is 10.9 Å². The van der Waals surface area contributed by atoms with E-state index in [1.165, 1.54) is 6.07 Å². The number of fused-ring (bicyclic) bond motifs is 3. The fraction of sp³-hybridized carbons (Fsp3) is 0.250. The molecule has 2 aromatic rings. The third kappa shape index (κ3) is 1.12. The molecule has 0 spiro atoms. The Morgan fingerprint density at radius 1 is 1.20 bits per heavy atom. The molecule has 3 rings (SSSR count). The fourth-order valence-electron chi connectivity index (χ4n) is 2.40. The average molecular weight is 203 g/mol. The maximum atomic E-state index is 13.7. The summed E-state index contributed by atoms with van der Waals surface area (Å²) in [6.07, 6.45) is 2.54. The van der Waals surface area contributed by atoms with Gasteiger partial charge in [-0.25, -0.2) is 4.39 Å². The van der Waals surface area contributed by atoms with Gasteiger partial charge in [0.15, 0.2) is 0 Å². The average Bonchev–Trinajstić information content (AvgIpc) is 2.66. The van der Waals surface area contributed by atoms with Gasteiger partial charge >= 0.3 is 0 Å². The van der Waals surface area contributed by atoms with Crippen LogP contribution < -0.4 is 5.56 Å². The first-order valence-electron chi connectivity index (χ1n) is 5.09. The van der Waals surface area contributed by atoms with Crippen molar-refractivity contribution in [2.24, 2.45) is 0 Å². The van der Waals surface area contributed by atoms with E-state index >= 15 is 0 Å². The lowest BCUT2D eigenvalue weighted by Gasteiger charge is -2.05. The van der Waals surface area contributed by atoms with Gasteiger partial charge in [-0.15, -0.1) is 0 Å². The highest BCUT2D eigenvalue weighted by Gasteiger charge is 2.19. The topological polar surface area (TPSA) is 32.9 Å². The Labute approximate surface area is 85.7 Å². The summed E-state index contributed by atoms with van der Waals surface area (Å²) < 4.78 is 13.7. The third-order valence-electron chi connectivity index (χ3n) is 3.06. The van der Waals surface area contributed by atoms with Crippen molar-refractivity contribution in [3.63, 3.8) is 0 Å². The molecule has 0 aliphatic heterocycles. The smallest absolute Gasteiger partial charge is 0.251 e. The normalized spacial score (nSPS) is 14.5. The molecular weight excluding hydrogens is 193 g/mol. The number of aromatic nitrogens is 1. The summed E-state index contributed by atoms with van der Waals surface area (Å²) in [6.45, 7) is 0. The van der Waals surface area contributed by atoms with E-state index in [0.717, 1.165) is 30.4 Å². The Hall–Kier alpha value is -1.64. The van der Waals surface area contributed by atoms with Crippen molar-refractivity contribution in [3.8, 4) is 0 Å². The van der Waals surface area contributed by atoms with Crippen LogP contribution in [0.5, 0.6) is 0 Å². The molecule has 2 nitrogen and oxygen atoms in total. The molecule has 0 fully saturated rings. The summed E-state index contributed by atoms with van der Waals surface area (Å²) in [7, 11) is 0. The standard InChI is InChI=1S/C12H10FNO/c13-9-5-2-6-10-11(9)7-3-1-4-8(7)12(15)14-10/h2,5-6H,1,3-4H2,(H,14,15). The molecule has 0 radical (unpaired) electrons. The van der Waals surface area contributed by atoms with E-state index < -0.39 is 0 Å². The maximum Gasteiger partial charge on any atom is 0.251 e. The van der Waals surface area contributed by atoms with Gasteiger partial charge in [0.2, 0.25) is 0 Å². The van der Waals surface area contributed by atoms with Crippen molar-refractivity contribution in [3.05, 3.63) is 45.5 Å². The van der Waals surface area contributed by atoms with E-state index in [9.17, 15) is 9.18 Å². The maximum absolute atomic E-state index is 13.7. The van der Waals surface area contributed by atoms with Crippen LogP contribution in [0.1, 0.15) is 17.5 Å². The van der Waals surface area contributed by atoms with Gasteiger partial charge in [-0.2, -0.15) is 0 Å². The molecule has 1 N–H and O–H groups in total. The van der Waals surface area contributed by atoms with Crippen molar-refractivity contribution < 1.29 is 4.39 Å². The minimum Gasteiger partial charge on any atom is -0.322 e. The Bertz CT molecular complexity index is 600. The Kier molecular flexibility index (Phi) is 1.69. The number of aromatic amines is 1. The lowest BCUT2D eigenvalue weighted by Crippen LogP contribution is -2.12. The number of aryl methyl sites for hydroxylation is 1. The molecule has 1 aromatic carbocycles. The minimum atomic E-state index is -0.234. The number of hydrogen-bond donors (Lipinski definition) is 1. The number of hydrogen-bond acceptors (Lipinski definition) is 1. The van der Waals surface area contributed by atoms with Gasteiger partial charge in [0.1, 0.15) is 5.82 Å². The molecule has 76 valence electrons. The Morgan fingerprint density at radius 2 is 2.00 bits per heavy atom. The van der Waals surface area contributed by atoms with Crippen LogP contribution in [-0.2, 0) is 12.8 Å². The summed E-state index contributed by atoms with van der Waals surface area (Å²) in [4.78, 5) is 14.4. The van der Waals surface area contributed by atoms with Crippen molar-refractivity contribution in [2.75, 3.05) is 0 Å². The first-order chi connectivity index (χ1) is 7.27. The highest BCUT2D eigenvalue weighted by molar-refractivity contribution is 5.84. The predicted molar refractivity (Wildman–Crippen MR) is 56.6 cm³/mol. The van der Waals surface area contributed by atoms with E-state index in [-0.39, 0.29) is 11.4 Å². The summed E-state index contributed by atoms with van der Waals surface area (Å²) in [5.41, 5.74) is 2.24. The number of rotatable bonds is 0. The van der Waals surface area contributed by atoms with Crippen LogP contribution in [0.15, 0.2) is 23.0 Å². The van der Waals surface area contributed by atoms with E-state index in [1.807, 2.05) is 0 Å². The fourth-order valence-corrected chi connectivity index (χ4v) is 2.40. The molecule has 0 bridgehead atoms. The molecule has 3 heteroatoms. The Balaban J connectivity index is 2.55. The van der Waals surface area contributed by atoms with Gasteiger partial charge in [0.05, 0.1) is 5.52 Å². The van der Waals surface area contributed by atoms with E-state index in [0.29, 0.717) is 10.9 Å². The zero-order valence-corrected chi connectivity index (χ0v) is 8.14. The van der Waals surface area contributed by atoms with E-state index in [2.05, 4.69) is 4.98 Å². The number of nitrogens with one attached hydrogen (secondary N) is 1. The van der Waals surface area contributed by atoms with Crippen LogP contribution >= 0.6 is 0 Å². The van der Waals surface area contributed by atoms with Gasteiger partial charge < -0.3 is 4.98 Å². The van der Waals surface area contributed by atoms with Crippen molar-refractivity contribution in [2.45, 2.75) is 19.3 Å². The molecule has 1 aromatic heterocycles. The number of H-pyrrole nitrogens is 1. The van der Waals surface area contributed by atoms with Crippen LogP contribution in [0.4, 0.5) is 4.39 Å². The summed E-state index contributed by atoms with van der Waals surface area (Å²) >= 11 is 0. The zero-order valence-electron chi connectivity index (χ0n) is 8.14. The van der Waals surface area contributed by atoms with Crippen LogP contribution in [0, 0.1) is 5.82 Å². The second kappa shape index (κ2) is 2.92. The quantitative estimate of drug-likeness (QED) is 0.699. The highest BCUT2D eigenvalue weighted by Crippen LogP contribution is 2.27. The predicted octanol–water partition coefficient (Wildman–Crippen LogP) is 2.16. The lowest BCUT2D eigenvalue weighted by atomic mass is 10.1. The minimum absolute atomic E-state index is 0.0550. The first-order valence-corrected chi connectivity index (χ1v) is 5.09. The van der Waals surface area contributed by atoms with Crippen LogP contribution in [0.25, 0.3) is 10.9 Å². The van der Waals surface area contributed by atoms with Gasteiger partial charge in [0.25, 0.3) is 5.56 Å². The van der Waals surface area contributed by atoms with Crippen LogP contribution in [-0.4, -0.2) is 4.98 Å². The third-order valence-corrected chi connectivity index (χ3v) is 3.06. The van der Waals surface area contributed by atoms with Crippen LogP contribution in [0.3, 0.4) is 0 Å². The summed E-state index contributed by atoms with van der Waals surface area (Å²) in [5.74, 6) is -0.234. The zero-order chi connectivity index (χ0) is 10.4. The molecule has 15 heavy (non-hydrogen) atoms. The van der Waals surface area contributed by atoms with Crippen molar-refractivity contribution in [1.29, 1.82) is 0 Å². The first kappa shape index (κ1) is 8.65. The van der Waals surface area contributed by atoms with Gasteiger partial charge in [-0.3, -0.25) is 4.79 Å². The second-order valence-corrected chi connectivity index (χ2v) is 3.93. The molecule has 0 amide bonds. The largest absolute Gasteiger partial charge is 0.322 e. The summed E-state index contributed by atoms with van der Waals surface area (Å²) in [6, 6.07) is 4.81. The molecular formula is C12H10FNO. The molecule has 1 aliphatic carbocycles. The molecule has 0 atom stereocenters. The molecule has 0 saturated carbocycles. The number of benzene rings is 1. The number of pyridine rings is 1. The van der Waals surface area contributed by atoms with Crippen molar-refractivity contribution >= 4 is 10.9 Å². The van der Waals surface area contributed by atoms with E-state index in [1.54, 1.807) is 12.1 Å². The monoisotopic (exact) mass is 203 g/mol. The molecule has 1 heterocycles. The van der Waals surface area contributed by atoms with E-state index in [4.69, 9.17) is 0 Å². The van der Waals surface area contributed by atoms with Crippen LogP contribution in [0.2, 0.25) is 0 Å². The van der Waals surface area contributed by atoms with Crippen molar-refractivity contribution in [1.82, 2.24) is 4.98 Å². The molecule has 1 aliphatic rings. The molecule has 0 saturated heterocycles. The van der Waals surface area contributed by atoms with Gasteiger partial charge in [-0.05, 0) is 37.0 Å². The highest BCUT2D eigenvalue weighted by atomic mass is 19.1. The number of halogens is 1. The van der Waals surface area contributed by atoms with Gasteiger partial charge in [-0.1, -0.05) is 6.07 Å². The lowest BCUT2D eigenvalue weighted by molar-refractivity contribution is 0.638.